The van der Waals surface area contributed by atoms with E-state index in [2.05, 4.69) is 55.5 Å². The van der Waals surface area contributed by atoms with E-state index in [0.717, 1.165) is 56.9 Å². The quantitative estimate of drug-likeness (QED) is 0.172. The van der Waals surface area contributed by atoms with Gasteiger partial charge in [0.1, 0.15) is 6.29 Å². The lowest BCUT2D eigenvalue weighted by molar-refractivity contribution is -0.148. The number of ether oxygens (including phenoxy) is 4. The van der Waals surface area contributed by atoms with Crippen LogP contribution in [0.5, 0.6) is 0 Å². The molecule has 0 unspecified atom stereocenters. The van der Waals surface area contributed by atoms with Crippen molar-refractivity contribution in [1.82, 2.24) is 0 Å². The molecular weight excluding hydrogens is 498 g/mol. The summed E-state index contributed by atoms with van der Waals surface area (Å²) in [6.07, 6.45) is 7.83. The number of hydrogen-bond acceptors (Lipinski definition) is 6. The number of alkyl halides is 1. The molecule has 0 spiro atoms. The van der Waals surface area contributed by atoms with Crippen molar-refractivity contribution < 1.29 is 23.7 Å². The van der Waals surface area contributed by atoms with E-state index >= 15 is 0 Å². The molecule has 0 N–H and O–H groups in total. The normalized spacial score (nSPS) is 19.1. The third kappa shape index (κ3) is 18.9. The zero-order valence-corrected chi connectivity index (χ0v) is 24.3. The summed E-state index contributed by atoms with van der Waals surface area (Å²) in [6, 6.07) is 0. The molecule has 0 aromatic heterocycles. The number of halogens is 1. The van der Waals surface area contributed by atoms with E-state index < -0.39 is 5.79 Å². The first-order valence-corrected chi connectivity index (χ1v) is 13.4. The Balaban J connectivity index is 0. The highest BCUT2D eigenvalue weighted by Gasteiger charge is 2.31. The lowest BCUT2D eigenvalue weighted by Crippen LogP contribution is -2.26. The third-order valence-corrected chi connectivity index (χ3v) is 5.65. The van der Waals surface area contributed by atoms with Crippen LogP contribution in [0.2, 0.25) is 0 Å². The summed E-state index contributed by atoms with van der Waals surface area (Å²) in [6.45, 7) is 21.3. The Morgan fingerprint density at radius 2 is 1.29 bits per heavy atom. The molecule has 0 saturated carbocycles. The number of aldehydes is 1. The van der Waals surface area contributed by atoms with E-state index in [1.54, 1.807) is 0 Å². The number of aliphatic imine (C=N–C) groups is 1. The number of nitrogens with zero attached hydrogens (tertiary/aromatic N) is 1. The van der Waals surface area contributed by atoms with Crippen LogP contribution in [0.3, 0.4) is 0 Å². The fourth-order valence-electron chi connectivity index (χ4n) is 3.09. The van der Waals surface area contributed by atoms with Gasteiger partial charge in [0.25, 0.3) is 0 Å². The summed E-state index contributed by atoms with van der Waals surface area (Å²) in [5, 5.41) is 1.02. The Kier molecular flexibility index (Phi) is 18.1. The maximum atomic E-state index is 10.7. The van der Waals surface area contributed by atoms with Gasteiger partial charge in [-0.15, -0.1) is 0 Å². The first kappa shape index (κ1) is 35.8. The van der Waals surface area contributed by atoms with Gasteiger partial charge in [-0.05, 0) is 59.8 Å². The summed E-state index contributed by atoms with van der Waals surface area (Å²) in [7, 11) is 0. The Morgan fingerprint density at radius 3 is 1.59 bits per heavy atom. The van der Waals surface area contributed by atoms with Crippen molar-refractivity contribution in [2.45, 2.75) is 119 Å². The second-order valence-electron chi connectivity index (χ2n) is 11.1. The predicted molar refractivity (Wildman–Crippen MR) is 147 cm³/mol. The van der Waals surface area contributed by atoms with Crippen LogP contribution < -0.4 is 0 Å². The van der Waals surface area contributed by atoms with Crippen molar-refractivity contribution in [2.24, 2.45) is 16.3 Å². The van der Waals surface area contributed by atoms with E-state index in [1.807, 2.05) is 33.9 Å². The average Bonchev–Trinajstić information content (AvgIpc) is 3.34. The van der Waals surface area contributed by atoms with Gasteiger partial charge < -0.3 is 23.7 Å². The molecule has 2 saturated heterocycles. The van der Waals surface area contributed by atoms with Gasteiger partial charge in [-0.2, -0.15) is 0 Å². The lowest BCUT2D eigenvalue weighted by Gasteiger charge is -2.24. The van der Waals surface area contributed by atoms with Crippen molar-refractivity contribution in [2.75, 3.05) is 31.8 Å². The Morgan fingerprint density at radius 1 is 0.882 bits per heavy atom. The molecule has 0 aromatic rings. The number of carbonyl (C=O) groups excluding carboxylic acids is 1. The molecule has 0 aliphatic carbocycles. The monoisotopic (exact) mass is 551 g/mol. The zero-order valence-electron chi connectivity index (χ0n) is 22.7. The largest absolute Gasteiger partial charge is 0.348 e. The fourth-order valence-corrected chi connectivity index (χ4v) is 3.37. The van der Waals surface area contributed by atoms with Crippen molar-refractivity contribution in [1.29, 1.82) is 0 Å². The van der Waals surface area contributed by atoms with E-state index in [0.29, 0.717) is 19.1 Å². The molecule has 34 heavy (non-hydrogen) atoms. The van der Waals surface area contributed by atoms with E-state index in [9.17, 15) is 4.79 Å². The van der Waals surface area contributed by atoms with Crippen LogP contribution in [0.25, 0.3) is 0 Å². The fraction of sp³-hybridized carbons (Fsp3) is 0.926. The van der Waals surface area contributed by atoms with Gasteiger partial charge in [-0.25, -0.2) is 0 Å². The highest BCUT2D eigenvalue weighted by atomic mass is 79.9. The second-order valence-corrected chi connectivity index (χ2v) is 11.9. The number of carbonyl (C=O) groups is 1. The Labute approximate surface area is 219 Å². The van der Waals surface area contributed by atoms with Gasteiger partial charge in [0.05, 0.1) is 32.0 Å². The van der Waals surface area contributed by atoms with Gasteiger partial charge in [0.2, 0.25) is 0 Å². The summed E-state index contributed by atoms with van der Waals surface area (Å²) in [5.41, 5.74) is -0.112. The minimum absolute atomic E-state index is 0. The van der Waals surface area contributed by atoms with Gasteiger partial charge in [0.15, 0.2) is 11.6 Å². The van der Waals surface area contributed by atoms with E-state index in [4.69, 9.17) is 18.9 Å². The molecule has 0 bridgehead atoms. The van der Waals surface area contributed by atoms with Crippen LogP contribution in [0, 0.1) is 11.3 Å². The minimum Gasteiger partial charge on any atom is -0.348 e. The molecule has 6 nitrogen and oxygen atoms in total. The van der Waals surface area contributed by atoms with E-state index in [1.165, 1.54) is 0 Å². The topological polar surface area (TPSA) is 66.4 Å². The second kappa shape index (κ2) is 17.2. The molecule has 2 fully saturated rings. The SMILES string of the molecule is C.CC(C)(C=O)CCCC1(C)OCCO1.CC(C)C=NC(C)(C)C.CC1(CCCBr)OCCO1. The van der Waals surface area contributed by atoms with E-state index in [-0.39, 0.29) is 24.2 Å². The molecule has 2 aliphatic heterocycles. The van der Waals surface area contributed by atoms with Crippen LogP contribution >= 0.6 is 15.9 Å². The van der Waals surface area contributed by atoms with Crippen LogP contribution in [0.15, 0.2) is 4.99 Å². The molecule has 2 aliphatic rings. The zero-order chi connectivity index (χ0) is 25.6. The number of hydrogen-bond donors (Lipinski definition) is 0. The molecule has 0 aromatic carbocycles. The van der Waals surface area contributed by atoms with Gasteiger partial charge >= 0.3 is 0 Å². The van der Waals surface area contributed by atoms with Gasteiger partial charge in [-0.1, -0.05) is 51.1 Å². The predicted octanol–water partition coefficient (Wildman–Crippen LogP) is 7.22. The van der Waals surface area contributed by atoms with Crippen LogP contribution in [-0.2, 0) is 23.7 Å². The molecule has 204 valence electrons. The number of rotatable bonds is 9. The summed E-state index contributed by atoms with van der Waals surface area (Å²) in [5.74, 6) is -0.114. The summed E-state index contributed by atoms with van der Waals surface area (Å²) in [4.78, 5) is 15.0. The molecule has 0 atom stereocenters. The highest BCUT2D eigenvalue weighted by molar-refractivity contribution is 9.09. The maximum absolute atomic E-state index is 10.7. The van der Waals surface area contributed by atoms with Crippen LogP contribution in [0.4, 0.5) is 0 Å². The minimum atomic E-state index is -0.404. The highest BCUT2D eigenvalue weighted by Crippen LogP contribution is 2.28. The molecule has 2 rings (SSSR count). The smallest absolute Gasteiger partial charge is 0.165 e. The Hall–Kier alpha value is -0.340. The standard InChI is InChI=1S/C11H20O3.C8H17N.C7H13BrO2.CH4/c1-10(2,9-12)5-4-6-11(3)13-7-8-14-11;1-7(2)6-9-8(3,4)5;1-7(3-2-4-8)9-5-6-10-7;/h9H,4-8H2,1-3H3;6-7H,1-5H3;2-6H2,1H3;1H4. The molecule has 0 amide bonds. The average molecular weight is 553 g/mol. The molecule has 0 radical (unpaired) electrons. The van der Waals surface area contributed by atoms with Gasteiger partial charge in [-0.3, -0.25) is 4.99 Å². The lowest BCUT2D eigenvalue weighted by atomic mass is 9.88. The summed E-state index contributed by atoms with van der Waals surface area (Å²) < 4.78 is 21.8. The maximum Gasteiger partial charge on any atom is 0.165 e. The first-order chi connectivity index (χ1) is 15.2. The Bertz CT molecular complexity index is 546. The molecule has 2 heterocycles. The molecular formula is C27H54BrNO5. The third-order valence-electron chi connectivity index (χ3n) is 5.09. The van der Waals surface area contributed by atoms with Crippen molar-refractivity contribution >= 4 is 28.4 Å². The van der Waals surface area contributed by atoms with Crippen LogP contribution in [-0.4, -0.2) is 61.4 Å². The van der Waals surface area contributed by atoms with Crippen molar-refractivity contribution in [3.8, 4) is 0 Å². The molecule has 7 heteroatoms. The van der Waals surface area contributed by atoms with Crippen LogP contribution in [0.1, 0.15) is 102 Å². The van der Waals surface area contributed by atoms with Crippen molar-refractivity contribution in [3.05, 3.63) is 0 Å². The first-order valence-electron chi connectivity index (χ1n) is 12.3. The summed E-state index contributed by atoms with van der Waals surface area (Å²) >= 11 is 3.37. The van der Waals surface area contributed by atoms with Crippen molar-refractivity contribution in [3.63, 3.8) is 0 Å². The van der Waals surface area contributed by atoms with Gasteiger partial charge in [0, 0.05) is 29.8 Å².